The summed E-state index contributed by atoms with van der Waals surface area (Å²) in [6.45, 7) is -0.744. The van der Waals surface area contributed by atoms with E-state index in [2.05, 4.69) is 0 Å². The van der Waals surface area contributed by atoms with Gasteiger partial charge in [0.05, 0.1) is 6.42 Å². The SMILES string of the molecule is O=C(O)C[C@H](NC(=O)COc1ccc(F)cc1F)C(=O)O. The molecule has 0 aliphatic rings. The van der Waals surface area contributed by atoms with E-state index in [-0.39, 0.29) is 0 Å². The van der Waals surface area contributed by atoms with Gasteiger partial charge in [0.25, 0.3) is 5.91 Å². The van der Waals surface area contributed by atoms with Crippen LogP contribution in [0, 0.1) is 11.6 Å². The fourth-order valence-electron chi connectivity index (χ4n) is 1.35. The molecule has 0 aliphatic carbocycles. The molecule has 0 aromatic heterocycles. The maximum atomic E-state index is 13.2. The fourth-order valence-corrected chi connectivity index (χ4v) is 1.35. The number of carbonyl (C=O) groups is 3. The van der Waals surface area contributed by atoms with Crippen molar-refractivity contribution in [3.63, 3.8) is 0 Å². The highest BCUT2D eigenvalue weighted by Crippen LogP contribution is 2.17. The summed E-state index contributed by atoms with van der Waals surface area (Å²) in [4.78, 5) is 32.5. The first-order chi connectivity index (χ1) is 9.79. The third-order valence-corrected chi connectivity index (χ3v) is 2.26. The van der Waals surface area contributed by atoms with Crippen LogP contribution in [-0.2, 0) is 14.4 Å². The number of rotatable bonds is 7. The average molecular weight is 303 g/mol. The van der Waals surface area contributed by atoms with Crippen molar-refractivity contribution in [1.82, 2.24) is 5.32 Å². The van der Waals surface area contributed by atoms with Crippen molar-refractivity contribution in [3.05, 3.63) is 29.8 Å². The molecule has 0 radical (unpaired) electrons. The molecule has 7 nitrogen and oxygen atoms in total. The molecule has 0 unspecified atom stereocenters. The van der Waals surface area contributed by atoms with Crippen LogP contribution in [0.3, 0.4) is 0 Å². The Bertz CT molecular complexity index is 563. The smallest absolute Gasteiger partial charge is 0.326 e. The van der Waals surface area contributed by atoms with Gasteiger partial charge in [0.15, 0.2) is 18.2 Å². The van der Waals surface area contributed by atoms with E-state index in [1.54, 1.807) is 0 Å². The molecule has 0 bridgehead atoms. The standard InChI is InChI=1S/C12H11F2NO6/c13-6-1-2-9(7(14)3-6)21-5-10(16)15-8(12(19)20)4-11(17)18/h1-3,8H,4-5H2,(H,15,16)(H,17,18)(H,19,20)/t8-/m0/s1. The molecule has 0 spiro atoms. The lowest BCUT2D eigenvalue weighted by atomic mass is 10.2. The van der Waals surface area contributed by atoms with Crippen LogP contribution in [0.25, 0.3) is 0 Å². The molecule has 0 fully saturated rings. The van der Waals surface area contributed by atoms with E-state index in [4.69, 9.17) is 14.9 Å². The monoisotopic (exact) mass is 303 g/mol. The molecular formula is C12H11F2NO6. The minimum atomic E-state index is -1.63. The van der Waals surface area contributed by atoms with Crippen LogP contribution in [0.4, 0.5) is 8.78 Å². The molecule has 1 atom stereocenters. The van der Waals surface area contributed by atoms with E-state index in [0.717, 1.165) is 12.1 Å². The summed E-state index contributed by atoms with van der Waals surface area (Å²) in [5, 5.41) is 19.1. The van der Waals surface area contributed by atoms with Crippen LogP contribution in [0.5, 0.6) is 5.75 Å². The molecule has 1 rings (SSSR count). The normalized spacial score (nSPS) is 11.5. The Labute approximate surface area is 117 Å². The lowest BCUT2D eigenvalue weighted by Crippen LogP contribution is -2.44. The van der Waals surface area contributed by atoms with Gasteiger partial charge in [-0.15, -0.1) is 0 Å². The van der Waals surface area contributed by atoms with Crippen LogP contribution >= 0.6 is 0 Å². The van der Waals surface area contributed by atoms with Crippen molar-refractivity contribution in [2.45, 2.75) is 12.5 Å². The summed E-state index contributed by atoms with van der Waals surface area (Å²) in [5.41, 5.74) is 0. The summed E-state index contributed by atoms with van der Waals surface area (Å²) in [6, 6.07) is 0.805. The quantitative estimate of drug-likeness (QED) is 0.671. The second kappa shape index (κ2) is 7.17. The number of carbonyl (C=O) groups excluding carboxylic acids is 1. The number of hydrogen-bond donors (Lipinski definition) is 3. The van der Waals surface area contributed by atoms with Gasteiger partial charge in [0.2, 0.25) is 0 Å². The van der Waals surface area contributed by atoms with E-state index in [1.807, 2.05) is 5.32 Å². The molecule has 0 aliphatic heterocycles. The highest BCUT2D eigenvalue weighted by atomic mass is 19.1. The number of nitrogens with one attached hydrogen (secondary N) is 1. The first-order valence-corrected chi connectivity index (χ1v) is 5.61. The highest BCUT2D eigenvalue weighted by Gasteiger charge is 2.23. The Morgan fingerprint density at radius 1 is 1.24 bits per heavy atom. The van der Waals surface area contributed by atoms with Gasteiger partial charge >= 0.3 is 11.9 Å². The molecular weight excluding hydrogens is 292 g/mol. The number of hydrogen-bond acceptors (Lipinski definition) is 4. The van der Waals surface area contributed by atoms with E-state index in [0.29, 0.717) is 6.07 Å². The molecule has 1 aromatic rings. The van der Waals surface area contributed by atoms with Gasteiger partial charge in [-0.25, -0.2) is 13.6 Å². The summed E-state index contributed by atoms with van der Waals surface area (Å²) in [6.07, 6.45) is -0.814. The van der Waals surface area contributed by atoms with Gasteiger partial charge in [0, 0.05) is 6.07 Å². The molecule has 1 amide bonds. The zero-order valence-corrected chi connectivity index (χ0v) is 10.5. The Morgan fingerprint density at radius 3 is 2.43 bits per heavy atom. The number of aliphatic carboxylic acids is 2. The van der Waals surface area contributed by atoms with Crippen molar-refractivity contribution in [2.75, 3.05) is 6.61 Å². The molecule has 1 aromatic carbocycles. The maximum Gasteiger partial charge on any atom is 0.326 e. The van der Waals surface area contributed by atoms with Gasteiger partial charge in [-0.3, -0.25) is 9.59 Å². The largest absolute Gasteiger partial charge is 0.481 e. The molecule has 0 saturated carbocycles. The predicted octanol–water partition coefficient (Wildman–Crippen LogP) is 0.388. The van der Waals surface area contributed by atoms with Crippen molar-refractivity contribution in [1.29, 1.82) is 0 Å². The second-order valence-corrected chi connectivity index (χ2v) is 3.92. The third kappa shape index (κ3) is 5.43. The molecule has 0 saturated heterocycles. The number of ether oxygens (including phenoxy) is 1. The van der Waals surface area contributed by atoms with E-state index >= 15 is 0 Å². The lowest BCUT2D eigenvalue weighted by molar-refractivity contribution is -0.147. The topological polar surface area (TPSA) is 113 Å². The second-order valence-electron chi connectivity index (χ2n) is 3.92. The van der Waals surface area contributed by atoms with Crippen molar-refractivity contribution in [3.8, 4) is 5.75 Å². The average Bonchev–Trinajstić information content (AvgIpc) is 2.36. The molecule has 114 valence electrons. The molecule has 9 heteroatoms. The van der Waals surface area contributed by atoms with Crippen LogP contribution in [0.2, 0.25) is 0 Å². The minimum Gasteiger partial charge on any atom is -0.481 e. The van der Waals surface area contributed by atoms with Gasteiger partial charge in [-0.1, -0.05) is 0 Å². The fraction of sp³-hybridized carbons (Fsp3) is 0.250. The lowest BCUT2D eigenvalue weighted by Gasteiger charge is -2.13. The van der Waals surface area contributed by atoms with Gasteiger partial charge in [-0.2, -0.15) is 0 Å². The van der Waals surface area contributed by atoms with E-state index < -0.39 is 54.3 Å². The zero-order chi connectivity index (χ0) is 16.0. The third-order valence-electron chi connectivity index (χ3n) is 2.26. The highest BCUT2D eigenvalue weighted by molar-refractivity contribution is 5.87. The van der Waals surface area contributed by atoms with Crippen molar-refractivity contribution >= 4 is 17.8 Å². The first kappa shape index (κ1) is 16.3. The maximum absolute atomic E-state index is 13.2. The number of benzene rings is 1. The van der Waals surface area contributed by atoms with E-state index in [1.165, 1.54) is 0 Å². The number of amides is 1. The zero-order valence-electron chi connectivity index (χ0n) is 10.5. The van der Waals surface area contributed by atoms with Crippen molar-refractivity contribution in [2.24, 2.45) is 0 Å². The Kier molecular flexibility index (Phi) is 5.58. The van der Waals surface area contributed by atoms with Gasteiger partial charge < -0.3 is 20.3 Å². The number of carboxylic acid groups (broad SMARTS) is 2. The van der Waals surface area contributed by atoms with Crippen LogP contribution in [-0.4, -0.2) is 40.7 Å². The Morgan fingerprint density at radius 2 is 1.90 bits per heavy atom. The number of carboxylic acids is 2. The molecule has 21 heavy (non-hydrogen) atoms. The predicted molar refractivity (Wildman–Crippen MR) is 63.7 cm³/mol. The summed E-state index contributed by atoms with van der Waals surface area (Å²) in [5.74, 6) is -6.13. The first-order valence-electron chi connectivity index (χ1n) is 5.61. The summed E-state index contributed by atoms with van der Waals surface area (Å²) in [7, 11) is 0. The minimum absolute atomic E-state index is 0.392. The summed E-state index contributed by atoms with van der Waals surface area (Å²) >= 11 is 0. The van der Waals surface area contributed by atoms with Crippen LogP contribution in [0.15, 0.2) is 18.2 Å². The Hall–Kier alpha value is -2.71. The van der Waals surface area contributed by atoms with Gasteiger partial charge in [-0.05, 0) is 12.1 Å². The number of halogens is 2. The van der Waals surface area contributed by atoms with Crippen LogP contribution < -0.4 is 10.1 Å². The van der Waals surface area contributed by atoms with Gasteiger partial charge in [0.1, 0.15) is 11.9 Å². The summed E-state index contributed by atoms with van der Waals surface area (Å²) < 4.78 is 30.6. The van der Waals surface area contributed by atoms with Crippen LogP contribution in [0.1, 0.15) is 6.42 Å². The molecule has 3 N–H and O–H groups in total. The van der Waals surface area contributed by atoms with E-state index in [9.17, 15) is 23.2 Å². The molecule has 0 heterocycles. The Balaban J connectivity index is 2.56. The van der Waals surface area contributed by atoms with Crippen molar-refractivity contribution < 1.29 is 38.1 Å².